The number of nitrogens with one attached hydrogen (secondary N) is 1. The molecular weight excluding hydrogens is 408 g/mol. The third-order valence-corrected chi connectivity index (χ3v) is 5.45. The highest BCUT2D eigenvalue weighted by molar-refractivity contribution is 5.89. The fourth-order valence-electron chi connectivity index (χ4n) is 3.67. The molecule has 3 rings (SSSR count). The van der Waals surface area contributed by atoms with Gasteiger partial charge in [0.25, 0.3) is 5.91 Å². The molecule has 32 heavy (non-hydrogen) atoms. The second kappa shape index (κ2) is 13.0. The first kappa shape index (κ1) is 23.9. The number of nitrogens with zero attached hydrogens (tertiary/aromatic N) is 1. The number of rotatable bonds is 11. The molecule has 0 atom stereocenters. The van der Waals surface area contributed by atoms with Gasteiger partial charge in [0.1, 0.15) is 6.61 Å². The fourth-order valence-corrected chi connectivity index (χ4v) is 3.67. The summed E-state index contributed by atoms with van der Waals surface area (Å²) >= 11 is 0. The third kappa shape index (κ3) is 7.75. The van der Waals surface area contributed by atoms with Crippen LogP contribution in [-0.2, 0) is 32.5 Å². The fraction of sp³-hybridized carbons (Fsp3) is 0.440. The average molecular weight is 441 g/mol. The summed E-state index contributed by atoms with van der Waals surface area (Å²) in [4.78, 5) is 36.8. The maximum atomic E-state index is 12.7. The zero-order valence-electron chi connectivity index (χ0n) is 18.6. The molecule has 0 unspecified atom stereocenters. The van der Waals surface area contributed by atoms with Crippen LogP contribution in [0.3, 0.4) is 0 Å². The smallest absolute Gasteiger partial charge is 0.338 e. The van der Waals surface area contributed by atoms with E-state index >= 15 is 0 Å². The molecule has 7 heteroatoms. The van der Waals surface area contributed by atoms with Crippen molar-refractivity contribution in [1.29, 1.82) is 0 Å². The molecule has 1 aliphatic heterocycles. The predicted molar refractivity (Wildman–Crippen MR) is 121 cm³/mol. The standard InChI is InChI=1S/C25H32N2O5/c1-2-31-32-19-24(28)27(17-21-12-14-26-15-13-21)16-20-8-10-23(11-9-20)25(29)30-18-22-6-4-3-5-7-22/h3-11,21,26H,2,12-19H2,1H3. The molecule has 0 saturated carbocycles. The van der Waals surface area contributed by atoms with Crippen LogP contribution in [0, 0.1) is 5.92 Å². The lowest BCUT2D eigenvalue weighted by atomic mass is 9.97. The molecule has 7 nitrogen and oxygen atoms in total. The Morgan fingerprint density at radius 2 is 1.69 bits per heavy atom. The molecule has 1 amide bonds. The molecule has 1 heterocycles. The van der Waals surface area contributed by atoms with Gasteiger partial charge in [0, 0.05) is 13.1 Å². The van der Waals surface area contributed by atoms with Gasteiger partial charge in [0.15, 0.2) is 6.61 Å². The van der Waals surface area contributed by atoms with E-state index in [0.29, 0.717) is 31.2 Å². The number of hydrogen-bond donors (Lipinski definition) is 1. The summed E-state index contributed by atoms with van der Waals surface area (Å²) in [6.07, 6.45) is 2.09. The van der Waals surface area contributed by atoms with Gasteiger partial charge in [-0.25, -0.2) is 14.6 Å². The van der Waals surface area contributed by atoms with Gasteiger partial charge in [0.2, 0.25) is 0 Å². The van der Waals surface area contributed by atoms with Gasteiger partial charge >= 0.3 is 5.97 Å². The zero-order chi connectivity index (χ0) is 22.6. The Kier molecular flexibility index (Phi) is 9.68. The van der Waals surface area contributed by atoms with Crippen molar-refractivity contribution in [2.45, 2.75) is 32.9 Å². The monoisotopic (exact) mass is 440 g/mol. The predicted octanol–water partition coefficient (Wildman–Crippen LogP) is 3.34. The Labute approximate surface area is 189 Å². The first-order valence-corrected chi connectivity index (χ1v) is 11.2. The maximum Gasteiger partial charge on any atom is 0.338 e. The number of ether oxygens (including phenoxy) is 1. The quantitative estimate of drug-likeness (QED) is 0.250. The summed E-state index contributed by atoms with van der Waals surface area (Å²) in [5.41, 5.74) is 2.38. The highest BCUT2D eigenvalue weighted by Gasteiger charge is 2.21. The van der Waals surface area contributed by atoms with Crippen LogP contribution in [0.1, 0.15) is 41.3 Å². The average Bonchev–Trinajstić information content (AvgIpc) is 2.84. The van der Waals surface area contributed by atoms with E-state index in [2.05, 4.69) is 5.32 Å². The van der Waals surface area contributed by atoms with Crippen molar-refractivity contribution in [3.63, 3.8) is 0 Å². The summed E-state index contributed by atoms with van der Waals surface area (Å²) in [5.74, 6) is -0.0176. The lowest BCUT2D eigenvalue weighted by Crippen LogP contribution is -2.40. The Morgan fingerprint density at radius 3 is 2.38 bits per heavy atom. The summed E-state index contributed by atoms with van der Waals surface area (Å²) < 4.78 is 5.39. The second-order valence-corrected chi connectivity index (χ2v) is 7.90. The molecule has 172 valence electrons. The van der Waals surface area contributed by atoms with E-state index in [-0.39, 0.29) is 25.1 Å². The van der Waals surface area contributed by atoms with E-state index in [1.165, 1.54) is 0 Å². The largest absolute Gasteiger partial charge is 0.457 e. The van der Waals surface area contributed by atoms with Crippen molar-refractivity contribution in [2.24, 2.45) is 5.92 Å². The molecular formula is C25H32N2O5. The van der Waals surface area contributed by atoms with Gasteiger partial charge in [-0.3, -0.25) is 4.79 Å². The molecule has 0 radical (unpaired) electrons. The third-order valence-electron chi connectivity index (χ3n) is 5.45. The highest BCUT2D eigenvalue weighted by Crippen LogP contribution is 2.17. The molecule has 1 aliphatic rings. The normalized spacial score (nSPS) is 14.2. The minimum absolute atomic E-state index is 0.108. The van der Waals surface area contributed by atoms with E-state index in [0.717, 1.165) is 37.1 Å². The van der Waals surface area contributed by atoms with Crippen LogP contribution in [0.4, 0.5) is 0 Å². The van der Waals surface area contributed by atoms with Gasteiger partial charge in [-0.1, -0.05) is 42.5 Å². The first-order valence-electron chi connectivity index (χ1n) is 11.2. The lowest BCUT2D eigenvalue weighted by molar-refractivity contribution is -0.287. The summed E-state index contributed by atoms with van der Waals surface area (Å²) in [7, 11) is 0. The Morgan fingerprint density at radius 1 is 0.969 bits per heavy atom. The molecule has 0 aromatic heterocycles. The highest BCUT2D eigenvalue weighted by atomic mass is 17.2. The van der Waals surface area contributed by atoms with Crippen molar-refractivity contribution >= 4 is 11.9 Å². The van der Waals surface area contributed by atoms with Crippen LogP contribution >= 0.6 is 0 Å². The second-order valence-electron chi connectivity index (χ2n) is 7.90. The van der Waals surface area contributed by atoms with E-state index in [1.807, 2.05) is 54.3 Å². The van der Waals surface area contributed by atoms with Crippen molar-refractivity contribution in [3.8, 4) is 0 Å². The molecule has 1 fully saturated rings. The van der Waals surface area contributed by atoms with Crippen LogP contribution in [0.15, 0.2) is 54.6 Å². The van der Waals surface area contributed by atoms with Crippen molar-refractivity contribution in [3.05, 3.63) is 71.3 Å². The van der Waals surface area contributed by atoms with Crippen LogP contribution in [0.25, 0.3) is 0 Å². The number of esters is 1. The lowest BCUT2D eigenvalue weighted by Gasteiger charge is -2.30. The molecule has 0 bridgehead atoms. The van der Waals surface area contributed by atoms with Crippen molar-refractivity contribution in [2.75, 3.05) is 32.8 Å². The van der Waals surface area contributed by atoms with Crippen molar-refractivity contribution < 1.29 is 24.1 Å². The molecule has 2 aromatic rings. The van der Waals surface area contributed by atoms with Crippen LogP contribution in [-0.4, -0.2) is 49.6 Å². The maximum absolute atomic E-state index is 12.7. The number of carbonyl (C=O) groups is 2. The van der Waals surface area contributed by atoms with Crippen LogP contribution in [0.5, 0.6) is 0 Å². The Balaban J connectivity index is 1.58. The first-order chi connectivity index (χ1) is 15.7. The summed E-state index contributed by atoms with van der Waals surface area (Å²) in [6, 6.07) is 16.8. The van der Waals surface area contributed by atoms with Gasteiger partial charge in [-0.2, -0.15) is 0 Å². The minimum Gasteiger partial charge on any atom is -0.457 e. The Hall–Kier alpha value is -2.74. The molecule has 1 saturated heterocycles. The van der Waals surface area contributed by atoms with E-state index < -0.39 is 0 Å². The van der Waals surface area contributed by atoms with E-state index in [1.54, 1.807) is 12.1 Å². The summed E-state index contributed by atoms with van der Waals surface area (Å²) in [6.45, 7) is 5.41. The van der Waals surface area contributed by atoms with E-state index in [9.17, 15) is 9.59 Å². The minimum atomic E-state index is -0.367. The number of carbonyl (C=O) groups excluding carboxylic acids is 2. The molecule has 0 spiro atoms. The Bertz CT molecular complexity index is 835. The van der Waals surface area contributed by atoms with Gasteiger partial charge in [0.05, 0.1) is 12.2 Å². The number of amides is 1. The topological polar surface area (TPSA) is 77.1 Å². The summed E-state index contributed by atoms with van der Waals surface area (Å²) in [5, 5.41) is 3.35. The van der Waals surface area contributed by atoms with E-state index in [4.69, 9.17) is 14.5 Å². The van der Waals surface area contributed by atoms with Gasteiger partial charge < -0.3 is 15.0 Å². The van der Waals surface area contributed by atoms with Gasteiger partial charge in [-0.05, 0) is 62.0 Å². The van der Waals surface area contributed by atoms with Gasteiger partial charge in [-0.15, -0.1) is 0 Å². The van der Waals surface area contributed by atoms with Crippen LogP contribution in [0.2, 0.25) is 0 Å². The SMILES string of the molecule is CCOOCC(=O)N(Cc1ccc(C(=O)OCc2ccccc2)cc1)CC1CCNCC1. The number of benzene rings is 2. The van der Waals surface area contributed by atoms with Crippen molar-refractivity contribution in [1.82, 2.24) is 10.2 Å². The number of piperidine rings is 1. The number of hydrogen-bond acceptors (Lipinski definition) is 6. The zero-order valence-corrected chi connectivity index (χ0v) is 18.6. The van der Waals surface area contributed by atoms with Crippen LogP contribution < -0.4 is 5.32 Å². The molecule has 0 aliphatic carbocycles. The molecule has 2 aromatic carbocycles. The molecule has 1 N–H and O–H groups in total.